The maximum atomic E-state index is 12.3. The monoisotopic (exact) mass is 490 g/mol. The van der Waals surface area contributed by atoms with E-state index in [2.05, 4.69) is 20.8 Å². The van der Waals surface area contributed by atoms with E-state index in [0.717, 1.165) is 18.5 Å². The highest BCUT2D eigenvalue weighted by Gasteiger charge is 2.30. The van der Waals surface area contributed by atoms with Gasteiger partial charge in [-0.1, -0.05) is 0 Å². The molecule has 12 nitrogen and oxygen atoms in total. The minimum absolute atomic E-state index is 0.0207. The van der Waals surface area contributed by atoms with E-state index in [4.69, 9.17) is 18.9 Å². The van der Waals surface area contributed by atoms with Gasteiger partial charge in [-0.2, -0.15) is 5.10 Å². The van der Waals surface area contributed by atoms with E-state index in [1.165, 1.54) is 19.2 Å². The van der Waals surface area contributed by atoms with Gasteiger partial charge in [-0.3, -0.25) is 14.7 Å². The van der Waals surface area contributed by atoms with E-state index in [1.807, 2.05) is 6.92 Å². The summed E-state index contributed by atoms with van der Waals surface area (Å²) in [4.78, 5) is 35.6. The number of H-pyrrole nitrogens is 1. The van der Waals surface area contributed by atoms with Crippen molar-refractivity contribution in [1.29, 1.82) is 0 Å². The fraction of sp³-hybridized carbons (Fsp3) is 0.478. The number of aromatic amines is 1. The predicted octanol–water partition coefficient (Wildman–Crippen LogP) is 2.35. The van der Waals surface area contributed by atoms with Gasteiger partial charge in [0.2, 0.25) is 0 Å². The summed E-state index contributed by atoms with van der Waals surface area (Å²) in [5.41, 5.74) is 0.738. The molecular formula is C23H30N4O8. The minimum atomic E-state index is -0.503. The summed E-state index contributed by atoms with van der Waals surface area (Å²) in [7, 11) is 2.97. The van der Waals surface area contributed by atoms with Crippen LogP contribution >= 0.6 is 0 Å². The average Bonchev–Trinajstić information content (AvgIpc) is 3.46. The normalized spacial score (nSPS) is 17.9. The Bertz CT molecular complexity index is 1040. The highest BCUT2D eigenvalue weighted by molar-refractivity contribution is 5.91. The molecule has 12 heteroatoms. The molecule has 0 aliphatic heterocycles. The van der Waals surface area contributed by atoms with Gasteiger partial charge >= 0.3 is 6.09 Å². The summed E-state index contributed by atoms with van der Waals surface area (Å²) >= 11 is 0. The second-order valence-electron chi connectivity index (χ2n) is 8.26. The van der Waals surface area contributed by atoms with Crippen LogP contribution in [0, 0.1) is 0 Å². The maximum absolute atomic E-state index is 12.3. The van der Waals surface area contributed by atoms with Gasteiger partial charge < -0.3 is 34.7 Å². The number of aromatic hydroxyl groups is 1. The largest absolute Gasteiger partial charge is 0.507 e. The number of amides is 2. The van der Waals surface area contributed by atoms with Gasteiger partial charge in [0.1, 0.15) is 23.4 Å². The molecule has 4 N–H and O–H groups in total. The summed E-state index contributed by atoms with van der Waals surface area (Å²) in [5.74, 6) is -0.0976. The molecule has 1 aromatic carbocycles. The number of alkyl carbamates (subject to hydrolysis) is 1. The van der Waals surface area contributed by atoms with E-state index in [0.29, 0.717) is 25.1 Å². The number of anilines is 1. The Labute approximate surface area is 202 Å². The zero-order valence-corrected chi connectivity index (χ0v) is 19.8. The number of carbonyl (C=O) groups is 3. The minimum Gasteiger partial charge on any atom is -0.507 e. The van der Waals surface area contributed by atoms with Crippen LogP contribution in [0.3, 0.4) is 0 Å². The third-order valence-electron chi connectivity index (χ3n) is 5.55. The van der Waals surface area contributed by atoms with Crippen LogP contribution in [-0.2, 0) is 14.3 Å². The molecular weight excluding hydrogens is 460 g/mol. The molecule has 2 aromatic rings. The van der Waals surface area contributed by atoms with Crippen molar-refractivity contribution in [2.24, 2.45) is 0 Å². The number of hydrogen-bond acceptors (Lipinski definition) is 9. The van der Waals surface area contributed by atoms with Crippen molar-refractivity contribution in [1.82, 2.24) is 15.5 Å². The molecule has 0 saturated heterocycles. The van der Waals surface area contributed by atoms with Crippen LogP contribution in [0.25, 0.3) is 0 Å². The molecule has 1 aliphatic rings. The first-order valence-electron chi connectivity index (χ1n) is 11.1. The van der Waals surface area contributed by atoms with Crippen molar-refractivity contribution in [3.05, 3.63) is 29.5 Å². The maximum Gasteiger partial charge on any atom is 0.407 e. The zero-order chi connectivity index (χ0) is 25.4. The predicted molar refractivity (Wildman–Crippen MR) is 124 cm³/mol. The number of carbonyl (C=O) groups excluding carboxylic acids is 3. The van der Waals surface area contributed by atoms with Gasteiger partial charge in [-0.25, -0.2) is 4.79 Å². The number of nitrogens with one attached hydrogen (secondary N) is 3. The topological polar surface area (TPSA) is 161 Å². The van der Waals surface area contributed by atoms with Crippen molar-refractivity contribution in [2.75, 3.05) is 32.8 Å². The van der Waals surface area contributed by atoms with E-state index < -0.39 is 18.6 Å². The third-order valence-corrected chi connectivity index (χ3v) is 5.55. The number of nitrogens with zero attached hydrogens (tertiary/aromatic N) is 1. The van der Waals surface area contributed by atoms with Crippen LogP contribution in [0.2, 0.25) is 0 Å². The van der Waals surface area contributed by atoms with E-state index >= 15 is 0 Å². The molecule has 1 heterocycles. The Morgan fingerprint density at radius 3 is 2.80 bits per heavy atom. The number of aromatic nitrogens is 2. The van der Waals surface area contributed by atoms with Gasteiger partial charge in [0, 0.05) is 36.9 Å². The number of hydrogen-bond donors (Lipinski definition) is 4. The third kappa shape index (κ3) is 7.09. The fourth-order valence-corrected chi connectivity index (χ4v) is 3.88. The second kappa shape index (κ2) is 12.1. The molecule has 1 aromatic heterocycles. The number of rotatable bonds is 11. The lowest BCUT2D eigenvalue weighted by atomic mass is 10.0. The SMILES string of the molecule is COC[C@H](C)NC(=O)O[C@@H]1CC[C@H](c2cc(NC(=O)COc3cc(OC)cc(O)c3C=O)n[nH]2)C1. The van der Waals surface area contributed by atoms with Gasteiger partial charge in [0.25, 0.3) is 5.91 Å². The van der Waals surface area contributed by atoms with Gasteiger partial charge in [-0.05, 0) is 26.2 Å². The van der Waals surface area contributed by atoms with Gasteiger partial charge in [0.15, 0.2) is 18.7 Å². The molecule has 190 valence electrons. The Hall–Kier alpha value is -3.80. The van der Waals surface area contributed by atoms with Crippen LogP contribution in [0.1, 0.15) is 48.2 Å². The lowest BCUT2D eigenvalue weighted by Crippen LogP contribution is -2.37. The van der Waals surface area contributed by atoms with Gasteiger partial charge in [-0.15, -0.1) is 0 Å². The smallest absolute Gasteiger partial charge is 0.407 e. The average molecular weight is 491 g/mol. The number of phenolic OH excluding ortho intramolecular Hbond substituents is 1. The van der Waals surface area contributed by atoms with Crippen molar-refractivity contribution in [3.8, 4) is 17.2 Å². The molecule has 35 heavy (non-hydrogen) atoms. The standard InChI is InChI=1S/C23H30N4O8/c1-13(11-32-2)24-23(31)35-15-5-4-14(6-15)18-9-21(27-26-18)25-22(30)12-34-20-8-16(33-3)7-19(29)17(20)10-28/h7-10,13-15,29H,4-6,11-12H2,1-3H3,(H,24,31)(H2,25,26,27,30)/t13-,14-,15+/m0/s1. The highest BCUT2D eigenvalue weighted by Crippen LogP contribution is 2.36. The molecule has 1 aliphatic carbocycles. The summed E-state index contributed by atoms with van der Waals surface area (Å²) in [6.07, 6.45) is 1.91. The lowest BCUT2D eigenvalue weighted by Gasteiger charge is -2.16. The van der Waals surface area contributed by atoms with Crippen molar-refractivity contribution in [2.45, 2.75) is 44.2 Å². The molecule has 0 radical (unpaired) electrons. The summed E-state index contributed by atoms with van der Waals surface area (Å²) in [6.45, 7) is 1.82. The highest BCUT2D eigenvalue weighted by atomic mass is 16.6. The van der Waals surface area contributed by atoms with E-state index in [9.17, 15) is 19.5 Å². The van der Waals surface area contributed by atoms with E-state index in [-0.39, 0.29) is 40.9 Å². The molecule has 1 saturated carbocycles. The zero-order valence-electron chi connectivity index (χ0n) is 19.8. The van der Waals surface area contributed by atoms with Gasteiger partial charge in [0.05, 0.1) is 25.3 Å². The molecule has 2 amide bonds. The first-order chi connectivity index (χ1) is 16.8. The van der Waals surface area contributed by atoms with Crippen molar-refractivity contribution >= 4 is 24.1 Å². The molecule has 1 fully saturated rings. The second-order valence-corrected chi connectivity index (χ2v) is 8.26. The molecule has 3 atom stereocenters. The number of methoxy groups -OCH3 is 2. The number of phenols is 1. The van der Waals surface area contributed by atoms with Crippen LogP contribution in [0.5, 0.6) is 17.2 Å². The van der Waals surface area contributed by atoms with Crippen LogP contribution in [0.15, 0.2) is 18.2 Å². The van der Waals surface area contributed by atoms with Crippen molar-refractivity contribution < 1.29 is 38.4 Å². The molecule has 0 bridgehead atoms. The summed E-state index contributed by atoms with van der Waals surface area (Å²) in [6, 6.07) is 4.25. The number of benzene rings is 1. The van der Waals surface area contributed by atoms with Crippen LogP contribution in [-0.4, -0.2) is 73.2 Å². The Balaban J connectivity index is 1.49. The summed E-state index contributed by atoms with van der Waals surface area (Å²) in [5, 5.41) is 22.3. The van der Waals surface area contributed by atoms with Crippen molar-refractivity contribution in [3.63, 3.8) is 0 Å². The molecule has 3 rings (SSSR count). The van der Waals surface area contributed by atoms with E-state index in [1.54, 1.807) is 13.2 Å². The Morgan fingerprint density at radius 1 is 1.29 bits per heavy atom. The summed E-state index contributed by atoms with van der Waals surface area (Å²) < 4.78 is 20.9. The number of aldehydes is 1. The lowest BCUT2D eigenvalue weighted by molar-refractivity contribution is -0.118. The first kappa shape index (κ1) is 25.8. The Kier molecular flexibility index (Phi) is 8.90. The Morgan fingerprint density at radius 2 is 2.09 bits per heavy atom. The number of ether oxygens (including phenoxy) is 4. The van der Waals surface area contributed by atoms with Crippen LogP contribution < -0.4 is 20.1 Å². The fourth-order valence-electron chi connectivity index (χ4n) is 3.88. The van der Waals surface area contributed by atoms with Crippen LogP contribution in [0.4, 0.5) is 10.6 Å². The quantitative estimate of drug-likeness (QED) is 0.347. The molecule has 0 unspecified atom stereocenters. The molecule has 0 spiro atoms. The first-order valence-corrected chi connectivity index (χ1v) is 11.1.